The first-order valence-corrected chi connectivity index (χ1v) is 12.2. The highest BCUT2D eigenvalue weighted by Crippen LogP contribution is 2.25. The van der Waals surface area contributed by atoms with Crippen LogP contribution in [-0.2, 0) is 16.4 Å². The van der Waals surface area contributed by atoms with E-state index in [4.69, 9.17) is 0 Å². The molecule has 158 valence electrons. The number of hydrogen-bond donors (Lipinski definition) is 1. The van der Waals surface area contributed by atoms with E-state index < -0.39 is 10.0 Å². The lowest BCUT2D eigenvalue weighted by Crippen LogP contribution is -2.30. The number of nitrogens with one attached hydrogen (secondary N) is 1. The molecule has 3 aromatic rings. The van der Waals surface area contributed by atoms with Gasteiger partial charge in [0.15, 0.2) is 0 Å². The van der Waals surface area contributed by atoms with Gasteiger partial charge in [0.05, 0.1) is 5.69 Å². The molecule has 1 heterocycles. The number of thiophene rings is 1. The summed E-state index contributed by atoms with van der Waals surface area (Å²) in [7, 11) is -2.07. The van der Waals surface area contributed by atoms with Gasteiger partial charge in [-0.2, -0.15) is 0 Å². The second-order valence-corrected chi connectivity index (χ2v) is 10.3. The van der Waals surface area contributed by atoms with Crippen LogP contribution in [-0.4, -0.2) is 27.9 Å². The summed E-state index contributed by atoms with van der Waals surface area (Å²) in [6.07, 6.45) is 1.89. The number of benzene rings is 2. The highest BCUT2D eigenvalue weighted by atomic mass is 32.2. The molecule has 0 spiro atoms. The lowest BCUT2D eigenvalue weighted by atomic mass is 9.97. The predicted octanol–water partition coefficient (Wildman–Crippen LogP) is 4.57. The molecule has 2 aromatic carbocycles. The van der Waals surface area contributed by atoms with Crippen LogP contribution < -0.4 is 9.62 Å². The third-order valence-electron chi connectivity index (χ3n) is 5.10. The molecular formula is C23H26N2O3S2. The molecule has 5 nitrogen and oxygen atoms in total. The van der Waals surface area contributed by atoms with Crippen molar-refractivity contribution in [2.45, 2.75) is 24.0 Å². The molecule has 1 amide bonds. The molecule has 0 unspecified atom stereocenters. The summed E-state index contributed by atoms with van der Waals surface area (Å²) in [5.41, 5.74) is 2.28. The number of amides is 1. The summed E-state index contributed by atoms with van der Waals surface area (Å²) >= 11 is 1.18. The van der Waals surface area contributed by atoms with Gasteiger partial charge in [-0.25, -0.2) is 8.42 Å². The molecule has 30 heavy (non-hydrogen) atoms. The van der Waals surface area contributed by atoms with Crippen molar-refractivity contribution in [1.29, 1.82) is 0 Å². The minimum Gasteiger partial charge on any atom is -0.352 e. The van der Waals surface area contributed by atoms with Crippen molar-refractivity contribution in [3.05, 3.63) is 83.2 Å². The third-order valence-corrected chi connectivity index (χ3v) is 8.26. The van der Waals surface area contributed by atoms with Gasteiger partial charge in [-0.15, -0.1) is 11.3 Å². The zero-order valence-corrected chi connectivity index (χ0v) is 18.7. The Hall–Kier alpha value is -2.64. The standard InChI is InChI=1S/C23H26N2O3S2/c1-3-18(16-19-8-5-4-6-9-19)17-24-23(26)20-11-13-21(14-12-20)25(2)30(27,28)22-10-7-15-29-22/h4-15,18H,3,16-17H2,1-2H3,(H,24,26)/t18-/m0/s1. The molecule has 1 atom stereocenters. The maximum absolute atomic E-state index is 12.6. The second kappa shape index (κ2) is 9.91. The van der Waals surface area contributed by atoms with E-state index in [2.05, 4.69) is 24.4 Å². The Labute approximate surface area is 182 Å². The Morgan fingerprint density at radius 3 is 2.33 bits per heavy atom. The van der Waals surface area contributed by atoms with Crippen molar-refractivity contribution < 1.29 is 13.2 Å². The van der Waals surface area contributed by atoms with E-state index in [1.807, 2.05) is 18.2 Å². The van der Waals surface area contributed by atoms with Crippen LogP contribution in [0.1, 0.15) is 29.3 Å². The van der Waals surface area contributed by atoms with Crippen molar-refractivity contribution >= 4 is 33.0 Å². The topological polar surface area (TPSA) is 66.5 Å². The van der Waals surface area contributed by atoms with Crippen molar-refractivity contribution in [2.24, 2.45) is 5.92 Å². The van der Waals surface area contributed by atoms with Crippen LogP contribution in [0.3, 0.4) is 0 Å². The molecule has 0 fully saturated rings. The average Bonchev–Trinajstić information content (AvgIpc) is 3.32. The Morgan fingerprint density at radius 2 is 1.73 bits per heavy atom. The molecule has 0 aliphatic carbocycles. The predicted molar refractivity (Wildman–Crippen MR) is 123 cm³/mol. The smallest absolute Gasteiger partial charge is 0.273 e. The van der Waals surface area contributed by atoms with Gasteiger partial charge in [-0.3, -0.25) is 9.10 Å². The maximum atomic E-state index is 12.6. The van der Waals surface area contributed by atoms with Crippen LogP contribution >= 0.6 is 11.3 Å². The molecule has 0 aliphatic rings. The molecule has 0 bridgehead atoms. The average molecular weight is 443 g/mol. The van der Waals surface area contributed by atoms with Gasteiger partial charge in [0, 0.05) is 19.2 Å². The van der Waals surface area contributed by atoms with Crippen LogP contribution in [0.15, 0.2) is 76.3 Å². The Bertz CT molecular complexity index is 1050. The van der Waals surface area contributed by atoms with Gasteiger partial charge >= 0.3 is 0 Å². The number of rotatable bonds is 9. The largest absolute Gasteiger partial charge is 0.352 e. The zero-order valence-electron chi connectivity index (χ0n) is 17.1. The summed E-state index contributed by atoms with van der Waals surface area (Å²) in [6, 6.07) is 20.2. The minimum atomic E-state index is -3.59. The van der Waals surface area contributed by atoms with Crippen LogP contribution in [0.25, 0.3) is 0 Å². The fourth-order valence-corrected chi connectivity index (χ4v) is 5.51. The van der Waals surface area contributed by atoms with E-state index in [0.717, 1.165) is 12.8 Å². The van der Waals surface area contributed by atoms with Crippen molar-refractivity contribution in [2.75, 3.05) is 17.9 Å². The van der Waals surface area contributed by atoms with E-state index in [-0.39, 0.29) is 10.1 Å². The van der Waals surface area contributed by atoms with Crippen LogP contribution in [0.4, 0.5) is 5.69 Å². The molecule has 3 rings (SSSR count). The third kappa shape index (κ3) is 5.29. The van der Waals surface area contributed by atoms with Crippen molar-refractivity contribution in [3.63, 3.8) is 0 Å². The van der Waals surface area contributed by atoms with Gasteiger partial charge in [0.25, 0.3) is 15.9 Å². The minimum absolute atomic E-state index is 0.156. The monoisotopic (exact) mass is 442 g/mol. The number of hydrogen-bond acceptors (Lipinski definition) is 4. The summed E-state index contributed by atoms with van der Waals surface area (Å²) in [4.78, 5) is 12.5. The van der Waals surface area contributed by atoms with E-state index in [9.17, 15) is 13.2 Å². The SMILES string of the molecule is CC[C@H](CNC(=O)c1ccc(N(C)S(=O)(=O)c2cccs2)cc1)Cc1ccccc1. The summed E-state index contributed by atoms with van der Waals surface area (Å²) in [5, 5.41) is 4.73. The lowest BCUT2D eigenvalue weighted by Gasteiger charge is -2.19. The molecule has 1 aromatic heterocycles. The van der Waals surface area contributed by atoms with Crippen LogP contribution in [0, 0.1) is 5.92 Å². The van der Waals surface area contributed by atoms with Crippen LogP contribution in [0.5, 0.6) is 0 Å². The van der Waals surface area contributed by atoms with Gasteiger partial charge in [0.1, 0.15) is 4.21 Å². The summed E-state index contributed by atoms with van der Waals surface area (Å²) in [6.45, 7) is 2.72. The molecular weight excluding hydrogens is 416 g/mol. The number of sulfonamides is 1. The van der Waals surface area contributed by atoms with Gasteiger partial charge in [-0.05, 0) is 53.6 Å². The fourth-order valence-electron chi connectivity index (χ4n) is 3.15. The van der Waals surface area contributed by atoms with Crippen LogP contribution in [0.2, 0.25) is 0 Å². The summed E-state index contributed by atoms with van der Waals surface area (Å²) < 4.78 is 26.8. The fraction of sp³-hybridized carbons (Fsp3) is 0.261. The second-order valence-electron chi connectivity index (χ2n) is 7.13. The quantitative estimate of drug-likeness (QED) is 0.528. The Kier molecular flexibility index (Phi) is 7.29. The highest BCUT2D eigenvalue weighted by molar-refractivity contribution is 7.94. The zero-order chi connectivity index (χ0) is 21.6. The van der Waals surface area contributed by atoms with Gasteiger partial charge in [0.2, 0.25) is 0 Å². The molecule has 0 saturated carbocycles. The van der Waals surface area contributed by atoms with Crippen molar-refractivity contribution in [1.82, 2.24) is 5.32 Å². The molecule has 1 N–H and O–H groups in total. The number of carbonyl (C=O) groups is 1. The molecule has 0 saturated heterocycles. The highest BCUT2D eigenvalue weighted by Gasteiger charge is 2.22. The Balaban J connectivity index is 1.60. The molecule has 7 heteroatoms. The van der Waals surface area contributed by atoms with E-state index >= 15 is 0 Å². The van der Waals surface area contributed by atoms with Gasteiger partial charge < -0.3 is 5.32 Å². The lowest BCUT2D eigenvalue weighted by molar-refractivity contribution is 0.0946. The van der Waals surface area contributed by atoms with Gasteiger partial charge in [-0.1, -0.05) is 49.7 Å². The first kappa shape index (κ1) is 22.1. The first-order valence-electron chi connectivity index (χ1n) is 9.86. The van der Waals surface area contributed by atoms with E-state index in [1.54, 1.807) is 41.8 Å². The maximum Gasteiger partial charge on any atom is 0.273 e. The van der Waals surface area contributed by atoms with E-state index in [0.29, 0.717) is 23.7 Å². The number of anilines is 1. The summed E-state index contributed by atoms with van der Waals surface area (Å²) in [5.74, 6) is 0.203. The first-order chi connectivity index (χ1) is 14.4. The Morgan fingerprint density at radius 1 is 1.03 bits per heavy atom. The van der Waals surface area contributed by atoms with Crippen molar-refractivity contribution in [3.8, 4) is 0 Å². The molecule has 0 aliphatic heterocycles. The van der Waals surface area contributed by atoms with E-state index in [1.165, 1.54) is 28.3 Å². The normalized spacial score (nSPS) is 12.3. The number of carbonyl (C=O) groups excluding carboxylic acids is 1. The molecule has 0 radical (unpaired) electrons. The number of nitrogens with zero attached hydrogens (tertiary/aromatic N) is 1.